The van der Waals surface area contributed by atoms with Crippen LogP contribution in [0.5, 0.6) is 5.75 Å². The first-order valence-electron chi connectivity index (χ1n) is 5.81. The second-order valence-corrected chi connectivity index (χ2v) is 5.03. The van der Waals surface area contributed by atoms with Crippen molar-refractivity contribution in [2.24, 2.45) is 0 Å². The number of para-hydroxylation sites is 1. The van der Waals surface area contributed by atoms with Crippen LogP contribution in [0.25, 0.3) is 0 Å². The number of nitrogens with zero attached hydrogens (tertiary/aromatic N) is 1. The number of hydrogen-bond acceptors (Lipinski definition) is 6. The topological polar surface area (TPSA) is 119 Å². The van der Waals surface area contributed by atoms with Gasteiger partial charge in [0.1, 0.15) is 6.04 Å². The number of nitro benzene ring substituents is 1. The van der Waals surface area contributed by atoms with Gasteiger partial charge in [-0.25, -0.2) is 4.79 Å². The summed E-state index contributed by atoms with van der Waals surface area (Å²) in [5.41, 5.74) is -0.225. The number of carbonyl (C=O) groups excluding carboxylic acids is 1. The van der Waals surface area contributed by atoms with Gasteiger partial charge < -0.3 is 15.2 Å². The van der Waals surface area contributed by atoms with Crippen molar-refractivity contribution >= 4 is 29.3 Å². The highest BCUT2D eigenvalue weighted by atomic mass is 32.2. The minimum atomic E-state index is -1.21. The predicted molar refractivity (Wildman–Crippen MR) is 75.6 cm³/mol. The van der Waals surface area contributed by atoms with Crippen molar-refractivity contribution in [2.45, 2.75) is 17.9 Å². The fourth-order valence-corrected chi connectivity index (χ4v) is 2.62. The molecule has 0 radical (unpaired) electrons. The van der Waals surface area contributed by atoms with E-state index in [4.69, 9.17) is 9.84 Å². The Labute approximate surface area is 124 Å². The number of aliphatic carboxylic acids is 1. The standard InChI is InChI=1S/C12H14N2O6S/c1-7(15)13-8(12(16)17)6-21-10-5-3-4-9(20-2)11(10)14(18)19/h3-5,8H,6H2,1-2H3,(H,13,15)(H,16,17). The molecule has 1 unspecified atom stereocenters. The highest BCUT2D eigenvalue weighted by Gasteiger charge is 2.24. The molecule has 1 amide bonds. The summed E-state index contributed by atoms with van der Waals surface area (Å²) in [6.07, 6.45) is 0. The van der Waals surface area contributed by atoms with Gasteiger partial charge in [-0.3, -0.25) is 14.9 Å². The van der Waals surface area contributed by atoms with Gasteiger partial charge in [0, 0.05) is 12.7 Å². The Morgan fingerprint density at radius 3 is 2.67 bits per heavy atom. The van der Waals surface area contributed by atoms with E-state index < -0.39 is 22.8 Å². The lowest BCUT2D eigenvalue weighted by atomic mass is 10.3. The summed E-state index contributed by atoms with van der Waals surface area (Å²) in [5.74, 6) is -1.63. The molecule has 0 aliphatic heterocycles. The predicted octanol–water partition coefficient (Wildman–Crippen LogP) is 1.28. The maximum Gasteiger partial charge on any atom is 0.327 e. The van der Waals surface area contributed by atoms with Gasteiger partial charge in [0.05, 0.1) is 16.9 Å². The lowest BCUT2D eigenvalue weighted by Crippen LogP contribution is -2.41. The van der Waals surface area contributed by atoms with E-state index in [0.29, 0.717) is 0 Å². The molecule has 0 saturated carbocycles. The molecular weight excluding hydrogens is 300 g/mol. The van der Waals surface area contributed by atoms with Crippen LogP contribution in [-0.4, -0.2) is 40.8 Å². The molecule has 1 aromatic rings. The molecule has 0 aromatic heterocycles. The largest absolute Gasteiger partial charge is 0.490 e. The molecule has 0 heterocycles. The highest BCUT2D eigenvalue weighted by Crippen LogP contribution is 2.37. The van der Waals surface area contributed by atoms with Crippen LogP contribution in [0.1, 0.15) is 6.92 Å². The van der Waals surface area contributed by atoms with E-state index in [1.54, 1.807) is 6.07 Å². The SMILES string of the molecule is COc1cccc(SCC(NC(C)=O)C(=O)O)c1[N+](=O)[O-]. The number of rotatable bonds is 7. The van der Waals surface area contributed by atoms with Gasteiger partial charge in [0.15, 0.2) is 5.75 Å². The number of carboxylic acid groups (broad SMARTS) is 1. The van der Waals surface area contributed by atoms with Gasteiger partial charge in [-0.1, -0.05) is 6.07 Å². The Balaban J connectivity index is 2.94. The third-order valence-electron chi connectivity index (χ3n) is 2.45. The molecule has 9 heteroatoms. The van der Waals surface area contributed by atoms with Crippen molar-refractivity contribution in [1.82, 2.24) is 5.32 Å². The zero-order valence-electron chi connectivity index (χ0n) is 11.4. The van der Waals surface area contributed by atoms with Crippen molar-refractivity contribution in [3.63, 3.8) is 0 Å². The number of methoxy groups -OCH3 is 1. The Bertz CT molecular complexity index is 563. The number of carboxylic acids is 1. The molecule has 8 nitrogen and oxygen atoms in total. The number of thioether (sulfide) groups is 1. The van der Waals surface area contributed by atoms with Crippen molar-refractivity contribution in [3.8, 4) is 5.75 Å². The number of ether oxygens (including phenoxy) is 1. The fraction of sp³-hybridized carbons (Fsp3) is 0.333. The van der Waals surface area contributed by atoms with Crippen LogP contribution in [-0.2, 0) is 9.59 Å². The number of nitro groups is 1. The van der Waals surface area contributed by atoms with Crippen molar-refractivity contribution < 1.29 is 24.4 Å². The summed E-state index contributed by atoms with van der Waals surface area (Å²) in [7, 11) is 1.31. The molecule has 21 heavy (non-hydrogen) atoms. The van der Waals surface area contributed by atoms with Crippen molar-refractivity contribution in [1.29, 1.82) is 0 Å². The summed E-state index contributed by atoms with van der Waals surface area (Å²) in [4.78, 5) is 32.7. The maximum atomic E-state index is 11.1. The Hall–Kier alpha value is -2.29. The van der Waals surface area contributed by atoms with Crippen LogP contribution in [0, 0.1) is 10.1 Å². The summed E-state index contributed by atoms with van der Waals surface area (Å²) in [6.45, 7) is 1.20. The van der Waals surface area contributed by atoms with Crippen LogP contribution in [0.3, 0.4) is 0 Å². The zero-order chi connectivity index (χ0) is 16.0. The van der Waals surface area contributed by atoms with Gasteiger partial charge in [-0.05, 0) is 12.1 Å². The first-order chi connectivity index (χ1) is 9.86. The second kappa shape index (κ2) is 7.48. The smallest absolute Gasteiger partial charge is 0.327 e. The Kier molecular flexibility index (Phi) is 5.97. The van der Waals surface area contributed by atoms with Gasteiger partial charge >= 0.3 is 11.7 Å². The average molecular weight is 314 g/mol. The van der Waals surface area contributed by atoms with E-state index in [9.17, 15) is 19.7 Å². The molecule has 0 aliphatic carbocycles. The molecular formula is C12H14N2O6S. The van der Waals surface area contributed by atoms with E-state index in [1.807, 2.05) is 0 Å². The molecule has 0 aliphatic rings. The van der Waals surface area contributed by atoms with Crippen LogP contribution >= 0.6 is 11.8 Å². The van der Waals surface area contributed by atoms with E-state index in [1.165, 1.54) is 26.2 Å². The minimum Gasteiger partial charge on any atom is -0.490 e. The summed E-state index contributed by atoms with van der Waals surface area (Å²) in [5, 5.41) is 22.3. The fourth-order valence-electron chi connectivity index (χ4n) is 1.56. The summed E-state index contributed by atoms with van der Waals surface area (Å²) >= 11 is 0.966. The van der Waals surface area contributed by atoms with Crippen LogP contribution < -0.4 is 10.1 Å². The number of nitrogens with one attached hydrogen (secondary N) is 1. The second-order valence-electron chi connectivity index (χ2n) is 3.97. The third-order valence-corrected chi connectivity index (χ3v) is 3.59. The average Bonchev–Trinajstić information content (AvgIpc) is 2.41. The molecule has 2 N–H and O–H groups in total. The van der Waals surface area contributed by atoms with Gasteiger partial charge in [-0.2, -0.15) is 0 Å². The molecule has 1 atom stereocenters. The molecule has 1 aromatic carbocycles. The normalized spacial score (nSPS) is 11.5. The highest BCUT2D eigenvalue weighted by molar-refractivity contribution is 7.99. The quantitative estimate of drug-likeness (QED) is 0.442. The zero-order valence-corrected chi connectivity index (χ0v) is 12.2. The number of amides is 1. The van der Waals surface area contributed by atoms with E-state index in [0.717, 1.165) is 11.8 Å². The summed E-state index contributed by atoms with van der Waals surface area (Å²) in [6, 6.07) is 3.39. The van der Waals surface area contributed by atoms with Gasteiger partial charge in [-0.15, -0.1) is 11.8 Å². The van der Waals surface area contributed by atoms with Crippen molar-refractivity contribution in [2.75, 3.05) is 12.9 Å². The monoisotopic (exact) mass is 314 g/mol. The van der Waals surface area contributed by atoms with Gasteiger partial charge in [0.25, 0.3) is 0 Å². The Morgan fingerprint density at radius 1 is 1.52 bits per heavy atom. The number of hydrogen-bond donors (Lipinski definition) is 2. The van der Waals surface area contributed by atoms with E-state index >= 15 is 0 Å². The first kappa shape index (κ1) is 16.8. The molecule has 0 spiro atoms. The maximum absolute atomic E-state index is 11.1. The van der Waals surface area contributed by atoms with Gasteiger partial charge in [0.2, 0.25) is 5.91 Å². The Morgan fingerprint density at radius 2 is 2.19 bits per heavy atom. The van der Waals surface area contributed by atoms with Crippen LogP contribution in [0.15, 0.2) is 23.1 Å². The van der Waals surface area contributed by atoms with Crippen molar-refractivity contribution in [3.05, 3.63) is 28.3 Å². The van der Waals surface area contributed by atoms with Crippen LogP contribution in [0.2, 0.25) is 0 Å². The summed E-state index contributed by atoms with van der Waals surface area (Å²) < 4.78 is 4.93. The number of carbonyl (C=O) groups is 2. The van der Waals surface area contributed by atoms with E-state index in [2.05, 4.69) is 5.32 Å². The lowest BCUT2D eigenvalue weighted by Gasteiger charge is -2.13. The molecule has 0 bridgehead atoms. The van der Waals surface area contributed by atoms with E-state index in [-0.39, 0.29) is 22.1 Å². The minimum absolute atomic E-state index is 0.0388. The molecule has 0 fully saturated rings. The molecule has 1 rings (SSSR count). The molecule has 0 saturated heterocycles. The third kappa shape index (κ3) is 4.63. The lowest BCUT2D eigenvalue weighted by molar-refractivity contribution is -0.388. The first-order valence-corrected chi connectivity index (χ1v) is 6.79. The van der Waals surface area contributed by atoms with Crippen LogP contribution in [0.4, 0.5) is 5.69 Å². The number of benzene rings is 1. The molecule has 114 valence electrons.